The van der Waals surface area contributed by atoms with Gasteiger partial charge in [-0.3, -0.25) is 5.32 Å². The molecule has 0 radical (unpaired) electrons. The van der Waals surface area contributed by atoms with Crippen LogP contribution in [0.15, 0.2) is 12.7 Å². The molecule has 0 aliphatic rings. The second kappa shape index (κ2) is 4.40. The van der Waals surface area contributed by atoms with Crippen LogP contribution in [0.3, 0.4) is 0 Å². The van der Waals surface area contributed by atoms with E-state index in [0.717, 1.165) is 6.54 Å². The third kappa shape index (κ3) is 2.76. The molecule has 0 aliphatic heterocycles. The van der Waals surface area contributed by atoms with Crippen LogP contribution in [0.4, 0.5) is 5.95 Å². The van der Waals surface area contributed by atoms with Gasteiger partial charge in [0.2, 0.25) is 0 Å². The van der Waals surface area contributed by atoms with Crippen molar-refractivity contribution in [1.82, 2.24) is 25.9 Å². The molecule has 3 N–H and O–H groups in total. The summed E-state index contributed by atoms with van der Waals surface area (Å²) >= 11 is 0. The maximum absolute atomic E-state index is 3.69. The van der Waals surface area contributed by atoms with Crippen LogP contribution in [0.5, 0.6) is 0 Å². The average molecular weight is 154 g/mol. The first-order chi connectivity index (χ1) is 5.43. The van der Waals surface area contributed by atoms with Crippen LogP contribution in [0.1, 0.15) is 0 Å². The Morgan fingerprint density at radius 2 is 2.55 bits per heavy atom. The lowest BCUT2D eigenvalue weighted by Gasteiger charge is -1.99. The van der Waals surface area contributed by atoms with Gasteiger partial charge in [-0.05, 0) is 5.21 Å². The van der Waals surface area contributed by atoms with Gasteiger partial charge >= 0.3 is 0 Å². The Hall–Kier alpha value is -1.43. The summed E-state index contributed by atoms with van der Waals surface area (Å²) < 4.78 is 0. The molecule has 0 saturated carbocycles. The molecule has 1 heterocycles. The Balaban J connectivity index is 2.09. The molecule has 1 aromatic rings. The van der Waals surface area contributed by atoms with Gasteiger partial charge in [-0.25, -0.2) is 0 Å². The van der Waals surface area contributed by atoms with Crippen molar-refractivity contribution in [2.45, 2.75) is 0 Å². The zero-order chi connectivity index (χ0) is 7.94. The number of rotatable bonds is 5. The number of aromatic nitrogens is 4. The number of anilines is 1. The maximum atomic E-state index is 3.69. The van der Waals surface area contributed by atoms with E-state index in [1.54, 1.807) is 6.08 Å². The van der Waals surface area contributed by atoms with Gasteiger partial charge in [0.1, 0.15) is 0 Å². The summed E-state index contributed by atoms with van der Waals surface area (Å²) in [6.07, 6.45) is 1.78. The Labute approximate surface area is 64.1 Å². The van der Waals surface area contributed by atoms with E-state index in [4.69, 9.17) is 0 Å². The first kappa shape index (κ1) is 7.67. The summed E-state index contributed by atoms with van der Waals surface area (Å²) in [5.41, 5.74) is 0. The number of aromatic amines is 1. The molecule has 0 aliphatic carbocycles. The predicted molar refractivity (Wildman–Crippen MR) is 40.9 cm³/mol. The summed E-state index contributed by atoms with van der Waals surface area (Å²) in [7, 11) is 0. The molecule has 6 heteroatoms. The molecule has 0 saturated heterocycles. The SMILES string of the molecule is C=CCNCNc1nn[nH]n1. The van der Waals surface area contributed by atoms with Crippen LogP contribution in [0.25, 0.3) is 0 Å². The zero-order valence-electron chi connectivity index (χ0n) is 6.04. The smallest absolute Gasteiger partial charge is 0.264 e. The van der Waals surface area contributed by atoms with Crippen LogP contribution in [-0.2, 0) is 0 Å². The van der Waals surface area contributed by atoms with Gasteiger partial charge in [-0.1, -0.05) is 11.2 Å². The van der Waals surface area contributed by atoms with Crippen molar-refractivity contribution in [2.75, 3.05) is 18.5 Å². The number of tetrazole rings is 1. The van der Waals surface area contributed by atoms with E-state index < -0.39 is 0 Å². The highest BCUT2D eigenvalue weighted by molar-refractivity contribution is 5.17. The van der Waals surface area contributed by atoms with Crippen molar-refractivity contribution < 1.29 is 0 Å². The molecule has 0 unspecified atom stereocenters. The van der Waals surface area contributed by atoms with Crippen molar-refractivity contribution in [3.63, 3.8) is 0 Å². The molecule has 6 nitrogen and oxygen atoms in total. The van der Waals surface area contributed by atoms with Gasteiger partial charge in [0.05, 0.1) is 6.67 Å². The number of hydrogen-bond acceptors (Lipinski definition) is 5. The normalized spacial score (nSPS) is 9.45. The van der Waals surface area contributed by atoms with Crippen molar-refractivity contribution >= 4 is 5.95 Å². The number of nitrogens with zero attached hydrogens (tertiary/aromatic N) is 3. The van der Waals surface area contributed by atoms with E-state index in [1.165, 1.54) is 0 Å². The molecule has 0 aromatic carbocycles. The second-order valence-electron chi connectivity index (χ2n) is 1.83. The fourth-order valence-electron chi connectivity index (χ4n) is 0.552. The van der Waals surface area contributed by atoms with Gasteiger partial charge in [0.15, 0.2) is 0 Å². The lowest BCUT2D eigenvalue weighted by molar-refractivity contribution is 0.801. The van der Waals surface area contributed by atoms with E-state index in [2.05, 4.69) is 37.8 Å². The standard InChI is InChI=1S/C5H10N6/c1-2-3-6-4-7-5-8-10-11-9-5/h2,6H,1,3-4H2,(H2,7,8,9,10,11). The van der Waals surface area contributed by atoms with Crippen LogP contribution in [-0.4, -0.2) is 33.8 Å². The van der Waals surface area contributed by atoms with Gasteiger partial charge in [0, 0.05) is 6.54 Å². The van der Waals surface area contributed by atoms with Crippen LogP contribution < -0.4 is 10.6 Å². The molecular formula is C5H10N6. The largest absolute Gasteiger partial charge is 0.339 e. The van der Waals surface area contributed by atoms with E-state index in [-0.39, 0.29) is 0 Å². The van der Waals surface area contributed by atoms with Crippen molar-refractivity contribution in [2.24, 2.45) is 0 Å². The summed E-state index contributed by atoms with van der Waals surface area (Å²) in [4.78, 5) is 0. The highest BCUT2D eigenvalue weighted by Crippen LogP contribution is 1.85. The Morgan fingerprint density at radius 1 is 1.64 bits per heavy atom. The minimum atomic E-state index is 0.488. The van der Waals surface area contributed by atoms with Gasteiger partial charge in [-0.2, -0.15) is 5.21 Å². The van der Waals surface area contributed by atoms with Gasteiger partial charge in [-0.15, -0.1) is 11.7 Å². The third-order valence-corrected chi connectivity index (χ3v) is 1.01. The summed E-state index contributed by atoms with van der Waals surface area (Å²) in [5, 5.41) is 19.0. The van der Waals surface area contributed by atoms with E-state index in [9.17, 15) is 0 Å². The summed E-state index contributed by atoms with van der Waals surface area (Å²) in [6, 6.07) is 0. The Bertz CT molecular complexity index is 193. The highest BCUT2D eigenvalue weighted by Gasteiger charge is 1.91. The highest BCUT2D eigenvalue weighted by atomic mass is 15.5. The minimum Gasteiger partial charge on any atom is -0.339 e. The molecule has 11 heavy (non-hydrogen) atoms. The first-order valence-corrected chi connectivity index (χ1v) is 3.22. The third-order valence-electron chi connectivity index (χ3n) is 1.01. The lowest BCUT2D eigenvalue weighted by atomic mass is 10.6. The van der Waals surface area contributed by atoms with Crippen molar-refractivity contribution in [3.8, 4) is 0 Å². The fourth-order valence-corrected chi connectivity index (χ4v) is 0.552. The molecule has 0 spiro atoms. The van der Waals surface area contributed by atoms with Gasteiger partial charge < -0.3 is 5.32 Å². The maximum Gasteiger partial charge on any atom is 0.264 e. The molecule has 1 aromatic heterocycles. The fraction of sp³-hybridized carbons (Fsp3) is 0.400. The molecule has 60 valence electrons. The predicted octanol–water partition coefficient (Wildman–Crippen LogP) is -0.655. The van der Waals surface area contributed by atoms with Gasteiger partial charge in [0.25, 0.3) is 5.95 Å². The lowest BCUT2D eigenvalue weighted by Crippen LogP contribution is -2.22. The molecule has 0 amide bonds. The van der Waals surface area contributed by atoms with Crippen molar-refractivity contribution in [1.29, 1.82) is 0 Å². The Kier molecular flexibility index (Phi) is 3.07. The van der Waals surface area contributed by atoms with E-state index in [1.807, 2.05) is 0 Å². The van der Waals surface area contributed by atoms with Crippen LogP contribution in [0, 0.1) is 0 Å². The average Bonchev–Trinajstić information content (AvgIpc) is 2.50. The number of nitrogens with one attached hydrogen (secondary N) is 3. The molecule has 0 fully saturated rings. The van der Waals surface area contributed by atoms with Crippen molar-refractivity contribution in [3.05, 3.63) is 12.7 Å². The van der Waals surface area contributed by atoms with E-state index >= 15 is 0 Å². The molecule has 0 atom stereocenters. The monoisotopic (exact) mass is 154 g/mol. The van der Waals surface area contributed by atoms with Crippen LogP contribution in [0.2, 0.25) is 0 Å². The zero-order valence-corrected chi connectivity index (χ0v) is 6.04. The number of hydrogen-bond donors (Lipinski definition) is 3. The second-order valence-corrected chi connectivity index (χ2v) is 1.83. The molecule has 0 bridgehead atoms. The first-order valence-electron chi connectivity index (χ1n) is 3.22. The van der Waals surface area contributed by atoms with Crippen LogP contribution >= 0.6 is 0 Å². The number of H-pyrrole nitrogens is 1. The summed E-state index contributed by atoms with van der Waals surface area (Å²) in [5.74, 6) is 0.488. The summed E-state index contributed by atoms with van der Waals surface area (Å²) in [6.45, 7) is 4.91. The Morgan fingerprint density at radius 3 is 3.18 bits per heavy atom. The minimum absolute atomic E-state index is 0.488. The topological polar surface area (TPSA) is 78.5 Å². The quantitative estimate of drug-likeness (QED) is 0.298. The molecular weight excluding hydrogens is 144 g/mol. The molecule has 1 rings (SSSR count). The van der Waals surface area contributed by atoms with E-state index in [0.29, 0.717) is 12.6 Å².